The Hall–Kier alpha value is -1.99. The molecule has 0 atom stereocenters. The first-order valence-corrected chi connectivity index (χ1v) is 5.81. The highest BCUT2D eigenvalue weighted by molar-refractivity contribution is 5.89. The van der Waals surface area contributed by atoms with Gasteiger partial charge in [0.15, 0.2) is 0 Å². The maximum Gasteiger partial charge on any atom is 0.321 e. The molecule has 0 aliphatic rings. The van der Waals surface area contributed by atoms with Crippen LogP contribution in [0.3, 0.4) is 0 Å². The molecule has 0 bridgehead atoms. The van der Waals surface area contributed by atoms with Crippen LogP contribution in [-0.4, -0.2) is 36.2 Å². The van der Waals surface area contributed by atoms with E-state index in [9.17, 15) is 4.79 Å². The second-order valence-corrected chi connectivity index (χ2v) is 3.93. The Morgan fingerprint density at radius 3 is 2.83 bits per heavy atom. The topological polar surface area (TPSA) is 52.6 Å². The van der Waals surface area contributed by atoms with E-state index in [2.05, 4.69) is 17.2 Å². The van der Waals surface area contributed by atoms with Crippen molar-refractivity contribution in [2.45, 2.75) is 13.8 Å². The Bertz CT molecular complexity index is 486. The summed E-state index contributed by atoms with van der Waals surface area (Å²) in [4.78, 5) is 13.3. The van der Waals surface area contributed by atoms with E-state index in [1.165, 1.54) is 0 Å². The van der Waals surface area contributed by atoms with Gasteiger partial charge in [0.25, 0.3) is 0 Å². The molecule has 1 rings (SSSR count). The van der Waals surface area contributed by atoms with Crippen molar-refractivity contribution in [2.24, 2.45) is 0 Å². The van der Waals surface area contributed by atoms with Crippen molar-refractivity contribution in [2.75, 3.05) is 25.5 Å². The first-order valence-electron chi connectivity index (χ1n) is 5.81. The summed E-state index contributed by atoms with van der Waals surface area (Å²) in [5.74, 6) is 5.46. The second-order valence-electron chi connectivity index (χ2n) is 3.93. The number of hydrogen-bond donors (Lipinski definition) is 2. The van der Waals surface area contributed by atoms with Gasteiger partial charge in [-0.2, -0.15) is 0 Å². The number of aryl methyl sites for hydroxylation is 1. The normalized spacial score (nSPS) is 9.33. The molecule has 4 heteroatoms. The van der Waals surface area contributed by atoms with E-state index in [-0.39, 0.29) is 12.6 Å². The van der Waals surface area contributed by atoms with Crippen LogP contribution in [0.25, 0.3) is 0 Å². The summed E-state index contributed by atoms with van der Waals surface area (Å²) >= 11 is 0. The minimum Gasteiger partial charge on any atom is -0.384 e. The lowest BCUT2D eigenvalue weighted by molar-refractivity contribution is 0.224. The molecule has 0 radical (unpaired) electrons. The fourth-order valence-electron chi connectivity index (χ4n) is 1.33. The highest BCUT2D eigenvalue weighted by Gasteiger charge is 2.06. The molecule has 0 saturated heterocycles. The van der Waals surface area contributed by atoms with Crippen LogP contribution in [0.15, 0.2) is 18.2 Å². The van der Waals surface area contributed by atoms with Crippen molar-refractivity contribution in [3.05, 3.63) is 29.3 Å². The van der Waals surface area contributed by atoms with E-state index in [4.69, 9.17) is 5.11 Å². The summed E-state index contributed by atoms with van der Waals surface area (Å²) in [6.07, 6.45) is 0. The van der Waals surface area contributed by atoms with Gasteiger partial charge in [0, 0.05) is 24.8 Å². The molecule has 4 nitrogen and oxygen atoms in total. The fraction of sp³-hybridized carbons (Fsp3) is 0.357. The summed E-state index contributed by atoms with van der Waals surface area (Å²) < 4.78 is 0. The molecule has 0 aromatic heterocycles. The monoisotopic (exact) mass is 246 g/mol. The van der Waals surface area contributed by atoms with E-state index >= 15 is 0 Å². The van der Waals surface area contributed by atoms with Crippen LogP contribution in [0, 0.1) is 18.8 Å². The number of carbonyl (C=O) groups excluding carboxylic acids is 1. The number of nitrogens with one attached hydrogen (secondary N) is 1. The van der Waals surface area contributed by atoms with Gasteiger partial charge in [-0.05, 0) is 31.5 Å². The number of nitrogens with zero attached hydrogens (tertiary/aromatic N) is 1. The summed E-state index contributed by atoms with van der Waals surface area (Å²) in [6.45, 7) is 4.32. The highest BCUT2D eigenvalue weighted by atomic mass is 16.2. The van der Waals surface area contributed by atoms with Crippen LogP contribution in [0.2, 0.25) is 0 Å². The number of aliphatic hydroxyl groups is 1. The van der Waals surface area contributed by atoms with Crippen molar-refractivity contribution in [3.63, 3.8) is 0 Å². The molecule has 0 aliphatic carbocycles. The minimum absolute atomic E-state index is 0.151. The number of amides is 2. The Balaban J connectivity index is 2.88. The first-order chi connectivity index (χ1) is 8.58. The zero-order valence-corrected chi connectivity index (χ0v) is 10.9. The SMILES string of the molecule is CCN(C)C(=O)Nc1ccc(C)c(C#CCO)c1. The number of rotatable bonds is 2. The van der Waals surface area contributed by atoms with Crippen LogP contribution < -0.4 is 5.32 Å². The predicted octanol–water partition coefficient (Wildman–Crippen LogP) is 1.82. The van der Waals surface area contributed by atoms with Crippen LogP contribution in [0.5, 0.6) is 0 Å². The summed E-state index contributed by atoms with van der Waals surface area (Å²) in [6, 6.07) is 5.38. The van der Waals surface area contributed by atoms with Crippen molar-refractivity contribution in [1.82, 2.24) is 4.90 Å². The van der Waals surface area contributed by atoms with Crippen molar-refractivity contribution in [3.8, 4) is 11.8 Å². The van der Waals surface area contributed by atoms with Gasteiger partial charge < -0.3 is 15.3 Å². The van der Waals surface area contributed by atoms with E-state index in [0.717, 1.165) is 11.1 Å². The first kappa shape index (κ1) is 14.1. The number of hydrogen-bond acceptors (Lipinski definition) is 2. The minimum atomic E-state index is -0.172. The lowest BCUT2D eigenvalue weighted by Crippen LogP contribution is -2.30. The third kappa shape index (κ3) is 3.79. The molecular formula is C14H18N2O2. The third-order valence-corrected chi connectivity index (χ3v) is 2.61. The number of anilines is 1. The molecule has 0 aliphatic heterocycles. The van der Waals surface area contributed by atoms with Crippen LogP contribution in [0.1, 0.15) is 18.1 Å². The molecule has 0 heterocycles. The average Bonchev–Trinajstić information content (AvgIpc) is 2.38. The van der Waals surface area contributed by atoms with Gasteiger partial charge in [-0.25, -0.2) is 4.79 Å². The van der Waals surface area contributed by atoms with Crippen molar-refractivity contribution in [1.29, 1.82) is 0 Å². The zero-order chi connectivity index (χ0) is 13.5. The predicted molar refractivity (Wildman–Crippen MR) is 72.5 cm³/mol. The maximum absolute atomic E-state index is 11.7. The summed E-state index contributed by atoms with van der Waals surface area (Å²) in [5, 5.41) is 11.5. The maximum atomic E-state index is 11.7. The van der Waals surface area contributed by atoms with E-state index < -0.39 is 0 Å². The fourth-order valence-corrected chi connectivity index (χ4v) is 1.33. The molecule has 18 heavy (non-hydrogen) atoms. The molecule has 0 unspecified atom stereocenters. The number of benzene rings is 1. The molecule has 1 aromatic rings. The van der Waals surface area contributed by atoms with Gasteiger partial charge in [-0.3, -0.25) is 0 Å². The Morgan fingerprint density at radius 1 is 1.50 bits per heavy atom. The van der Waals surface area contributed by atoms with Crippen molar-refractivity contribution >= 4 is 11.7 Å². The molecule has 2 amide bonds. The van der Waals surface area contributed by atoms with Gasteiger partial charge in [-0.1, -0.05) is 17.9 Å². The quantitative estimate of drug-likeness (QED) is 0.782. The Morgan fingerprint density at radius 2 is 2.22 bits per heavy atom. The average molecular weight is 246 g/mol. The van der Waals surface area contributed by atoms with Crippen LogP contribution in [-0.2, 0) is 0 Å². The largest absolute Gasteiger partial charge is 0.384 e. The molecular weight excluding hydrogens is 228 g/mol. The molecule has 2 N–H and O–H groups in total. The van der Waals surface area contributed by atoms with Crippen LogP contribution >= 0.6 is 0 Å². The molecule has 0 spiro atoms. The third-order valence-electron chi connectivity index (χ3n) is 2.61. The van der Waals surface area contributed by atoms with Gasteiger partial charge in [0.2, 0.25) is 0 Å². The molecule has 96 valence electrons. The number of urea groups is 1. The zero-order valence-electron chi connectivity index (χ0n) is 10.9. The van der Waals surface area contributed by atoms with E-state index in [0.29, 0.717) is 12.2 Å². The van der Waals surface area contributed by atoms with Gasteiger partial charge in [-0.15, -0.1) is 0 Å². The van der Waals surface area contributed by atoms with Crippen LogP contribution in [0.4, 0.5) is 10.5 Å². The molecule has 0 saturated carbocycles. The standard InChI is InChI=1S/C14H18N2O2/c1-4-16(3)14(18)15-13-8-7-11(2)12(10-13)6-5-9-17/h7-8,10,17H,4,9H2,1-3H3,(H,15,18). The van der Waals surface area contributed by atoms with Gasteiger partial charge in [0.1, 0.15) is 6.61 Å². The van der Waals surface area contributed by atoms with E-state index in [1.807, 2.05) is 26.0 Å². The van der Waals surface area contributed by atoms with E-state index in [1.54, 1.807) is 18.0 Å². The lowest BCUT2D eigenvalue weighted by Gasteiger charge is -2.15. The van der Waals surface area contributed by atoms with Gasteiger partial charge in [0.05, 0.1) is 0 Å². The lowest BCUT2D eigenvalue weighted by atomic mass is 10.1. The number of carbonyl (C=O) groups is 1. The Kier molecular flexibility index (Phi) is 5.22. The molecule has 0 fully saturated rings. The van der Waals surface area contributed by atoms with Gasteiger partial charge >= 0.3 is 6.03 Å². The number of aliphatic hydroxyl groups excluding tert-OH is 1. The van der Waals surface area contributed by atoms with Crippen molar-refractivity contribution < 1.29 is 9.90 Å². The Labute approximate surface area is 108 Å². The summed E-state index contributed by atoms with van der Waals surface area (Å²) in [5.41, 5.74) is 2.52. The summed E-state index contributed by atoms with van der Waals surface area (Å²) in [7, 11) is 1.73. The second kappa shape index (κ2) is 6.67. The smallest absolute Gasteiger partial charge is 0.321 e. The molecule has 1 aromatic carbocycles. The highest BCUT2D eigenvalue weighted by Crippen LogP contribution is 2.14.